The maximum Gasteiger partial charge on any atom is 0.232 e. The molecular weight excluding hydrogens is 346 g/mol. The number of hydrogen-bond acceptors (Lipinski definition) is 3. The molecule has 1 N–H and O–H groups in total. The molecule has 0 fully saturated rings. The van der Waals surface area contributed by atoms with Gasteiger partial charge in [-0.1, -0.05) is 43.6 Å². The Kier molecular flexibility index (Phi) is 5.67. The molecular formula is C18H20ClNO3S. The van der Waals surface area contributed by atoms with E-state index in [1.165, 1.54) is 12.1 Å². The van der Waals surface area contributed by atoms with Crippen LogP contribution >= 0.6 is 11.6 Å². The molecule has 128 valence electrons. The van der Waals surface area contributed by atoms with Crippen molar-refractivity contribution < 1.29 is 13.2 Å². The summed E-state index contributed by atoms with van der Waals surface area (Å²) in [5.74, 6) is -0.466. The van der Waals surface area contributed by atoms with Crippen molar-refractivity contribution >= 4 is 33.0 Å². The van der Waals surface area contributed by atoms with E-state index in [1.807, 2.05) is 26.0 Å². The van der Waals surface area contributed by atoms with Crippen LogP contribution in [0.1, 0.15) is 25.3 Å². The molecule has 0 aliphatic carbocycles. The minimum absolute atomic E-state index is 0.0734. The number of rotatable bonds is 5. The summed E-state index contributed by atoms with van der Waals surface area (Å²) in [7, 11) is -3.32. The van der Waals surface area contributed by atoms with Gasteiger partial charge in [0.15, 0.2) is 9.84 Å². The van der Waals surface area contributed by atoms with Crippen molar-refractivity contribution in [3.05, 3.63) is 59.1 Å². The van der Waals surface area contributed by atoms with Crippen molar-refractivity contribution in [1.29, 1.82) is 0 Å². The fraction of sp³-hybridized carbons (Fsp3) is 0.278. The fourth-order valence-corrected chi connectivity index (χ4v) is 3.33. The molecule has 2 aromatic rings. The molecule has 0 aliphatic rings. The maximum atomic E-state index is 12.7. The lowest BCUT2D eigenvalue weighted by Gasteiger charge is -2.21. The normalized spacial score (nSPS) is 12.9. The molecule has 0 aliphatic heterocycles. The van der Waals surface area contributed by atoms with E-state index in [0.717, 1.165) is 11.8 Å². The van der Waals surface area contributed by atoms with Gasteiger partial charge in [0.25, 0.3) is 0 Å². The lowest BCUT2D eigenvalue weighted by atomic mass is 9.87. The number of halogens is 1. The lowest BCUT2D eigenvalue weighted by Crippen LogP contribution is -2.25. The first-order valence-corrected chi connectivity index (χ1v) is 9.82. The number of anilines is 1. The summed E-state index contributed by atoms with van der Waals surface area (Å²) in [6, 6.07) is 13.4. The van der Waals surface area contributed by atoms with Gasteiger partial charge in [0.05, 0.1) is 10.8 Å². The second kappa shape index (κ2) is 7.36. The number of benzene rings is 2. The molecule has 6 heteroatoms. The lowest BCUT2D eigenvalue weighted by molar-refractivity contribution is -0.118. The maximum absolute atomic E-state index is 12.7. The van der Waals surface area contributed by atoms with E-state index in [0.29, 0.717) is 10.7 Å². The standard InChI is InChI=1S/C18H20ClNO3S/c1-12(2)17(13-7-9-14(19)10-8-13)18(21)20-15-5-4-6-16(11-15)24(3,22)23/h4-12,17H,1-3H3,(H,20,21)/t17-/m1/s1. The number of sulfone groups is 1. The van der Waals surface area contributed by atoms with Gasteiger partial charge in [0, 0.05) is 17.0 Å². The van der Waals surface area contributed by atoms with Crippen LogP contribution in [0, 0.1) is 5.92 Å². The molecule has 0 radical (unpaired) electrons. The van der Waals surface area contributed by atoms with Gasteiger partial charge in [-0.05, 0) is 41.8 Å². The molecule has 4 nitrogen and oxygen atoms in total. The molecule has 2 aromatic carbocycles. The number of carbonyl (C=O) groups is 1. The van der Waals surface area contributed by atoms with Crippen LogP contribution < -0.4 is 5.32 Å². The highest BCUT2D eigenvalue weighted by Gasteiger charge is 2.24. The largest absolute Gasteiger partial charge is 0.326 e. The van der Waals surface area contributed by atoms with Crippen LogP contribution in [0.25, 0.3) is 0 Å². The zero-order chi connectivity index (χ0) is 17.9. The molecule has 1 amide bonds. The van der Waals surface area contributed by atoms with E-state index >= 15 is 0 Å². The number of hydrogen-bond donors (Lipinski definition) is 1. The summed E-state index contributed by atoms with van der Waals surface area (Å²) < 4.78 is 23.3. The highest BCUT2D eigenvalue weighted by Crippen LogP contribution is 2.27. The SMILES string of the molecule is CC(C)[C@@H](C(=O)Nc1cccc(S(C)(=O)=O)c1)c1ccc(Cl)cc1. The quantitative estimate of drug-likeness (QED) is 0.866. The van der Waals surface area contributed by atoms with Crippen LogP contribution in [0.3, 0.4) is 0 Å². The summed E-state index contributed by atoms with van der Waals surface area (Å²) >= 11 is 5.91. The summed E-state index contributed by atoms with van der Waals surface area (Å²) in [5.41, 5.74) is 1.33. The van der Waals surface area contributed by atoms with Crippen molar-refractivity contribution in [2.45, 2.75) is 24.7 Å². The third-order valence-corrected chi connectivity index (χ3v) is 5.07. The minimum Gasteiger partial charge on any atom is -0.326 e. The average molecular weight is 366 g/mol. The van der Waals surface area contributed by atoms with Crippen LogP contribution in [0.5, 0.6) is 0 Å². The van der Waals surface area contributed by atoms with Crippen molar-refractivity contribution in [3.8, 4) is 0 Å². The zero-order valence-corrected chi connectivity index (χ0v) is 15.4. The van der Waals surface area contributed by atoms with Gasteiger partial charge in [-0.2, -0.15) is 0 Å². The first kappa shape index (κ1) is 18.5. The summed E-state index contributed by atoms with van der Waals surface area (Å²) in [4.78, 5) is 12.9. The molecule has 0 saturated heterocycles. The van der Waals surface area contributed by atoms with Crippen LogP contribution in [0.15, 0.2) is 53.4 Å². The van der Waals surface area contributed by atoms with Crippen molar-refractivity contribution in [2.75, 3.05) is 11.6 Å². The molecule has 1 atom stereocenters. The first-order valence-electron chi connectivity index (χ1n) is 7.55. The molecule has 0 bridgehead atoms. The Morgan fingerprint density at radius 2 is 1.71 bits per heavy atom. The first-order chi connectivity index (χ1) is 11.2. The highest BCUT2D eigenvalue weighted by molar-refractivity contribution is 7.90. The summed E-state index contributed by atoms with van der Waals surface area (Å²) in [5, 5.41) is 3.43. The van der Waals surface area contributed by atoms with Crippen LogP contribution in [-0.4, -0.2) is 20.6 Å². The Morgan fingerprint density at radius 1 is 1.08 bits per heavy atom. The van der Waals surface area contributed by atoms with Crippen LogP contribution in [0.2, 0.25) is 5.02 Å². The topological polar surface area (TPSA) is 63.2 Å². The molecule has 2 rings (SSSR count). The Labute approximate surface area is 147 Å². The Morgan fingerprint density at radius 3 is 2.25 bits per heavy atom. The summed E-state index contributed by atoms with van der Waals surface area (Å²) in [6.07, 6.45) is 1.14. The van der Waals surface area contributed by atoms with Gasteiger partial charge in [-0.15, -0.1) is 0 Å². The van der Waals surface area contributed by atoms with E-state index < -0.39 is 9.84 Å². The smallest absolute Gasteiger partial charge is 0.232 e. The number of carbonyl (C=O) groups excluding carboxylic acids is 1. The monoisotopic (exact) mass is 365 g/mol. The molecule has 0 heterocycles. The Bertz CT molecular complexity index is 830. The average Bonchev–Trinajstić information content (AvgIpc) is 2.48. The predicted octanol–water partition coefficient (Wildman–Crippen LogP) is 4.12. The van der Waals surface area contributed by atoms with Crippen molar-refractivity contribution in [1.82, 2.24) is 0 Å². The van der Waals surface area contributed by atoms with E-state index in [4.69, 9.17) is 11.6 Å². The van der Waals surface area contributed by atoms with Crippen LogP contribution in [-0.2, 0) is 14.6 Å². The Hall–Kier alpha value is -1.85. The summed E-state index contributed by atoms with van der Waals surface area (Å²) in [6.45, 7) is 3.93. The molecule has 0 aromatic heterocycles. The molecule has 24 heavy (non-hydrogen) atoms. The number of amides is 1. The zero-order valence-electron chi connectivity index (χ0n) is 13.8. The van der Waals surface area contributed by atoms with Gasteiger partial charge in [-0.3, -0.25) is 4.79 Å². The molecule has 0 saturated carbocycles. The van der Waals surface area contributed by atoms with Crippen molar-refractivity contribution in [3.63, 3.8) is 0 Å². The van der Waals surface area contributed by atoms with Gasteiger partial charge in [-0.25, -0.2) is 8.42 Å². The highest BCUT2D eigenvalue weighted by atomic mass is 35.5. The van der Waals surface area contributed by atoms with E-state index in [-0.39, 0.29) is 22.6 Å². The van der Waals surface area contributed by atoms with Gasteiger partial charge >= 0.3 is 0 Å². The van der Waals surface area contributed by atoms with E-state index in [9.17, 15) is 13.2 Å². The number of nitrogens with one attached hydrogen (secondary N) is 1. The molecule has 0 spiro atoms. The minimum atomic E-state index is -3.32. The van der Waals surface area contributed by atoms with Gasteiger partial charge in [0.2, 0.25) is 5.91 Å². The van der Waals surface area contributed by atoms with Gasteiger partial charge < -0.3 is 5.32 Å². The molecule has 0 unspecified atom stereocenters. The second-order valence-corrected chi connectivity index (χ2v) is 8.51. The third-order valence-electron chi connectivity index (χ3n) is 3.71. The van der Waals surface area contributed by atoms with Crippen LogP contribution in [0.4, 0.5) is 5.69 Å². The Balaban J connectivity index is 2.27. The second-order valence-electron chi connectivity index (χ2n) is 6.06. The fourth-order valence-electron chi connectivity index (χ4n) is 2.53. The van der Waals surface area contributed by atoms with Gasteiger partial charge in [0.1, 0.15) is 0 Å². The third kappa shape index (κ3) is 4.58. The van der Waals surface area contributed by atoms with E-state index in [1.54, 1.807) is 24.3 Å². The predicted molar refractivity (Wildman–Crippen MR) is 97.2 cm³/mol. The van der Waals surface area contributed by atoms with E-state index in [2.05, 4.69) is 5.32 Å². The van der Waals surface area contributed by atoms with Crippen molar-refractivity contribution in [2.24, 2.45) is 5.92 Å².